The van der Waals surface area contributed by atoms with Gasteiger partial charge in [0.25, 0.3) is 0 Å². The summed E-state index contributed by atoms with van der Waals surface area (Å²) in [6.45, 7) is 4.82. The number of para-hydroxylation sites is 1. The van der Waals surface area contributed by atoms with Gasteiger partial charge in [-0.25, -0.2) is 9.98 Å². The molecule has 160 valence electrons. The number of rotatable bonds is 7. The fourth-order valence-electron chi connectivity index (χ4n) is 3.69. The lowest BCUT2D eigenvalue weighted by Crippen LogP contribution is -2.44. The Morgan fingerprint density at radius 1 is 1.13 bits per heavy atom. The van der Waals surface area contributed by atoms with Crippen LogP contribution in [0.5, 0.6) is 0 Å². The van der Waals surface area contributed by atoms with Gasteiger partial charge in [0.2, 0.25) is 5.91 Å². The van der Waals surface area contributed by atoms with Crippen LogP contribution in [0, 0.1) is 0 Å². The van der Waals surface area contributed by atoms with E-state index in [0.29, 0.717) is 19.5 Å². The van der Waals surface area contributed by atoms with E-state index in [1.165, 1.54) is 5.56 Å². The van der Waals surface area contributed by atoms with Crippen molar-refractivity contribution in [1.29, 1.82) is 0 Å². The van der Waals surface area contributed by atoms with Crippen LogP contribution >= 0.6 is 0 Å². The van der Waals surface area contributed by atoms with Crippen LogP contribution in [0.2, 0.25) is 0 Å². The Morgan fingerprint density at radius 3 is 2.61 bits per heavy atom. The average molecular weight is 417 g/mol. The second-order valence-corrected chi connectivity index (χ2v) is 7.63. The molecule has 1 amide bonds. The van der Waals surface area contributed by atoms with Crippen LogP contribution in [0.15, 0.2) is 78.3 Å². The van der Waals surface area contributed by atoms with E-state index < -0.39 is 0 Å². The van der Waals surface area contributed by atoms with Crippen molar-refractivity contribution >= 4 is 17.6 Å². The molecule has 1 fully saturated rings. The van der Waals surface area contributed by atoms with Crippen molar-refractivity contribution in [1.82, 2.24) is 20.2 Å². The Hall–Kier alpha value is -3.61. The Bertz CT molecular complexity index is 998. The molecule has 7 heteroatoms. The SMILES string of the molecule is CCNC(=NCc1ccc(Cn2ccnc2)cc1)NC1CC(=O)N(c2ccccc2)C1. The molecule has 2 N–H and O–H groups in total. The number of anilines is 1. The predicted octanol–water partition coefficient (Wildman–Crippen LogP) is 2.79. The molecule has 2 heterocycles. The molecule has 2 aromatic carbocycles. The Kier molecular flexibility index (Phi) is 6.62. The fourth-order valence-corrected chi connectivity index (χ4v) is 3.69. The first-order valence-corrected chi connectivity index (χ1v) is 10.6. The summed E-state index contributed by atoms with van der Waals surface area (Å²) < 4.78 is 2.04. The van der Waals surface area contributed by atoms with Gasteiger partial charge in [0, 0.05) is 44.1 Å². The van der Waals surface area contributed by atoms with Crippen molar-refractivity contribution in [3.05, 3.63) is 84.4 Å². The minimum atomic E-state index is 0.0306. The predicted molar refractivity (Wildman–Crippen MR) is 123 cm³/mol. The van der Waals surface area contributed by atoms with Gasteiger partial charge in [-0.05, 0) is 30.2 Å². The third-order valence-electron chi connectivity index (χ3n) is 5.25. The van der Waals surface area contributed by atoms with E-state index in [-0.39, 0.29) is 11.9 Å². The number of nitrogens with one attached hydrogen (secondary N) is 2. The third kappa shape index (κ3) is 5.51. The fraction of sp³-hybridized carbons (Fsp3) is 0.292. The highest BCUT2D eigenvalue weighted by molar-refractivity contribution is 5.97. The van der Waals surface area contributed by atoms with Crippen LogP contribution in [0.4, 0.5) is 5.69 Å². The number of aliphatic imine (C=N–C) groups is 1. The molecular weight excluding hydrogens is 388 g/mol. The number of amides is 1. The molecule has 0 aliphatic carbocycles. The number of carbonyl (C=O) groups is 1. The number of aromatic nitrogens is 2. The van der Waals surface area contributed by atoms with Gasteiger partial charge in [-0.3, -0.25) is 4.79 Å². The molecule has 3 aromatic rings. The molecule has 7 nitrogen and oxygen atoms in total. The molecule has 1 aromatic heterocycles. The lowest BCUT2D eigenvalue weighted by molar-refractivity contribution is -0.117. The molecule has 0 bridgehead atoms. The van der Waals surface area contributed by atoms with Gasteiger partial charge in [-0.15, -0.1) is 0 Å². The topological polar surface area (TPSA) is 74.5 Å². The molecule has 0 spiro atoms. The highest BCUT2D eigenvalue weighted by Crippen LogP contribution is 2.21. The van der Waals surface area contributed by atoms with Crippen LogP contribution in [0.1, 0.15) is 24.5 Å². The van der Waals surface area contributed by atoms with Crippen LogP contribution in [0.3, 0.4) is 0 Å². The Balaban J connectivity index is 1.35. The lowest BCUT2D eigenvalue weighted by Gasteiger charge is -2.19. The molecule has 1 atom stereocenters. The zero-order valence-electron chi connectivity index (χ0n) is 17.7. The minimum Gasteiger partial charge on any atom is -0.357 e. The van der Waals surface area contributed by atoms with Crippen molar-refractivity contribution in [3.63, 3.8) is 0 Å². The zero-order valence-corrected chi connectivity index (χ0v) is 17.7. The maximum atomic E-state index is 12.5. The van der Waals surface area contributed by atoms with E-state index >= 15 is 0 Å². The summed E-state index contributed by atoms with van der Waals surface area (Å²) in [4.78, 5) is 23.1. The van der Waals surface area contributed by atoms with Crippen LogP contribution in [-0.4, -0.2) is 40.5 Å². The van der Waals surface area contributed by atoms with Gasteiger partial charge in [0.15, 0.2) is 5.96 Å². The van der Waals surface area contributed by atoms with Gasteiger partial charge in [-0.1, -0.05) is 42.5 Å². The average Bonchev–Trinajstić information content (AvgIpc) is 3.43. The molecular formula is C24H28N6O. The molecule has 0 saturated carbocycles. The number of guanidine groups is 1. The van der Waals surface area contributed by atoms with Crippen LogP contribution in [0.25, 0.3) is 0 Å². The number of carbonyl (C=O) groups excluding carboxylic acids is 1. The molecule has 1 saturated heterocycles. The van der Waals surface area contributed by atoms with Gasteiger partial charge in [-0.2, -0.15) is 0 Å². The van der Waals surface area contributed by atoms with Crippen molar-refractivity contribution in [2.75, 3.05) is 18.0 Å². The maximum Gasteiger partial charge on any atom is 0.229 e. The standard InChI is InChI=1S/C24H28N6O/c1-2-26-24(28-21-14-23(31)30(17-21)22-6-4-3-5-7-22)27-15-19-8-10-20(11-9-19)16-29-13-12-25-18-29/h3-13,18,21H,2,14-17H2,1H3,(H2,26,27,28). The van der Waals surface area contributed by atoms with Crippen LogP contribution < -0.4 is 15.5 Å². The normalized spacial score (nSPS) is 16.5. The van der Waals surface area contributed by atoms with E-state index in [2.05, 4.69) is 39.9 Å². The molecule has 4 rings (SSSR count). The summed E-state index contributed by atoms with van der Waals surface area (Å²) in [5.41, 5.74) is 3.30. The Labute approximate surface area is 182 Å². The van der Waals surface area contributed by atoms with Gasteiger partial charge >= 0.3 is 0 Å². The first kappa shape index (κ1) is 20.7. The van der Waals surface area contributed by atoms with Gasteiger partial charge in [0.1, 0.15) is 0 Å². The third-order valence-corrected chi connectivity index (χ3v) is 5.25. The summed E-state index contributed by atoms with van der Waals surface area (Å²) in [6, 6.07) is 18.3. The first-order chi connectivity index (χ1) is 15.2. The monoisotopic (exact) mass is 416 g/mol. The summed E-state index contributed by atoms with van der Waals surface area (Å²) in [5.74, 6) is 0.866. The zero-order chi connectivity index (χ0) is 21.5. The summed E-state index contributed by atoms with van der Waals surface area (Å²) >= 11 is 0. The highest BCUT2D eigenvalue weighted by atomic mass is 16.2. The molecule has 1 unspecified atom stereocenters. The van der Waals surface area contributed by atoms with E-state index in [1.807, 2.05) is 59.2 Å². The number of benzene rings is 2. The van der Waals surface area contributed by atoms with E-state index in [1.54, 1.807) is 6.20 Å². The number of hydrogen-bond donors (Lipinski definition) is 2. The van der Waals surface area contributed by atoms with Gasteiger partial charge in [0.05, 0.1) is 18.9 Å². The molecule has 1 aliphatic rings. The first-order valence-electron chi connectivity index (χ1n) is 10.6. The molecule has 0 radical (unpaired) electrons. The van der Waals surface area contributed by atoms with Crippen molar-refractivity contribution in [2.24, 2.45) is 4.99 Å². The number of hydrogen-bond acceptors (Lipinski definition) is 3. The van der Waals surface area contributed by atoms with Crippen LogP contribution in [-0.2, 0) is 17.9 Å². The van der Waals surface area contributed by atoms with E-state index in [0.717, 1.165) is 30.3 Å². The van der Waals surface area contributed by atoms with Gasteiger partial charge < -0.3 is 20.1 Å². The highest BCUT2D eigenvalue weighted by Gasteiger charge is 2.31. The van der Waals surface area contributed by atoms with Crippen molar-refractivity contribution in [2.45, 2.75) is 32.5 Å². The summed E-state index contributed by atoms with van der Waals surface area (Å²) in [6.07, 6.45) is 6.02. The second-order valence-electron chi connectivity index (χ2n) is 7.63. The quantitative estimate of drug-likeness (QED) is 0.459. The maximum absolute atomic E-state index is 12.5. The second kappa shape index (κ2) is 9.93. The Morgan fingerprint density at radius 2 is 1.90 bits per heavy atom. The molecule has 31 heavy (non-hydrogen) atoms. The number of nitrogens with zero attached hydrogens (tertiary/aromatic N) is 4. The number of imidazole rings is 1. The lowest BCUT2D eigenvalue weighted by atomic mass is 10.1. The largest absolute Gasteiger partial charge is 0.357 e. The summed E-state index contributed by atoms with van der Waals surface area (Å²) in [5, 5.41) is 6.71. The molecule has 1 aliphatic heterocycles. The summed E-state index contributed by atoms with van der Waals surface area (Å²) in [7, 11) is 0. The van der Waals surface area contributed by atoms with E-state index in [9.17, 15) is 4.79 Å². The smallest absolute Gasteiger partial charge is 0.229 e. The van der Waals surface area contributed by atoms with E-state index in [4.69, 9.17) is 4.99 Å². The van der Waals surface area contributed by atoms with Crippen molar-refractivity contribution < 1.29 is 4.79 Å². The minimum absolute atomic E-state index is 0.0306. The van der Waals surface area contributed by atoms with Crippen molar-refractivity contribution in [3.8, 4) is 0 Å².